The van der Waals surface area contributed by atoms with Crippen LogP contribution in [0.3, 0.4) is 0 Å². The van der Waals surface area contributed by atoms with Crippen LogP contribution in [-0.4, -0.2) is 29.4 Å². The normalized spacial score (nSPS) is 11.6. The number of aromatic nitrogens is 6. The van der Waals surface area contributed by atoms with Crippen LogP contribution >= 0.6 is 11.8 Å². The molecule has 2 aromatic carbocycles. The predicted molar refractivity (Wildman–Crippen MR) is 115 cm³/mol. The van der Waals surface area contributed by atoms with Gasteiger partial charge in [0.1, 0.15) is 5.82 Å². The number of hydrogen-bond acceptors (Lipinski definition) is 7. The van der Waals surface area contributed by atoms with Crippen LogP contribution < -0.4 is 5.56 Å². The second-order valence-electron chi connectivity index (χ2n) is 7.16. The maximum Gasteiger partial charge on any atom is 0.277 e. The number of nitrogens with zero attached hydrogens (tertiary/aromatic N) is 6. The van der Waals surface area contributed by atoms with Crippen LogP contribution in [0.2, 0.25) is 0 Å². The lowest BCUT2D eigenvalue weighted by Crippen LogP contribution is -2.20. The van der Waals surface area contributed by atoms with E-state index in [0.717, 1.165) is 16.6 Å². The SMILES string of the molecule is Cc1ccc(-c2nnc(SCc3nnc4n(C)c(=O)c5cc(C)ccc5n34)o2)cc1. The molecule has 3 heterocycles. The van der Waals surface area contributed by atoms with Gasteiger partial charge in [0, 0.05) is 12.6 Å². The molecular weight excluding hydrogens is 400 g/mol. The van der Waals surface area contributed by atoms with Crippen LogP contribution in [0.1, 0.15) is 17.0 Å². The molecule has 150 valence electrons. The third-order valence-corrected chi connectivity index (χ3v) is 5.79. The molecule has 30 heavy (non-hydrogen) atoms. The molecule has 5 aromatic rings. The van der Waals surface area contributed by atoms with Gasteiger partial charge in [0.05, 0.1) is 16.7 Å². The first-order chi connectivity index (χ1) is 14.5. The Balaban J connectivity index is 1.49. The highest BCUT2D eigenvalue weighted by atomic mass is 32.2. The quantitative estimate of drug-likeness (QED) is 0.412. The van der Waals surface area contributed by atoms with Crippen molar-refractivity contribution in [3.63, 3.8) is 0 Å². The van der Waals surface area contributed by atoms with Gasteiger partial charge in [0.2, 0.25) is 11.7 Å². The number of aryl methyl sites for hydroxylation is 3. The highest BCUT2D eigenvalue weighted by molar-refractivity contribution is 7.98. The van der Waals surface area contributed by atoms with Gasteiger partial charge >= 0.3 is 0 Å². The van der Waals surface area contributed by atoms with Gasteiger partial charge in [0.25, 0.3) is 10.8 Å². The molecule has 9 heteroatoms. The van der Waals surface area contributed by atoms with Gasteiger partial charge in [-0.3, -0.25) is 13.8 Å². The summed E-state index contributed by atoms with van der Waals surface area (Å²) in [5, 5.41) is 17.9. The van der Waals surface area contributed by atoms with Crippen molar-refractivity contribution in [3.05, 3.63) is 69.8 Å². The molecule has 0 amide bonds. The molecule has 8 nitrogen and oxygen atoms in total. The van der Waals surface area contributed by atoms with E-state index in [2.05, 4.69) is 20.4 Å². The molecule has 0 unspecified atom stereocenters. The zero-order chi connectivity index (χ0) is 20.8. The van der Waals surface area contributed by atoms with Crippen LogP contribution in [0.15, 0.2) is 56.9 Å². The first kappa shape index (κ1) is 18.6. The summed E-state index contributed by atoms with van der Waals surface area (Å²) >= 11 is 1.38. The molecule has 0 fully saturated rings. The molecular formula is C21H18N6O2S. The van der Waals surface area contributed by atoms with Crippen molar-refractivity contribution in [3.8, 4) is 11.5 Å². The third-order valence-electron chi connectivity index (χ3n) is 4.97. The average molecular weight is 418 g/mol. The summed E-state index contributed by atoms with van der Waals surface area (Å²) in [4.78, 5) is 12.7. The third kappa shape index (κ3) is 3.07. The summed E-state index contributed by atoms with van der Waals surface area (Å²) in [7, 11) is 1.71. The van der Waals surface area contributed by atoms with Crippen LogP contribution in [0.4, 0.5) is 0 Å². The Morgan fingerprint density at radius 2 is 1.73 bits per heavy atom. The molecule has 0 bridgehead atoms. The van der Waals surface area contributed by atoms with Crippen LogP contribution in [0.5, 0.6) is 0 Å². The topological polar surface area (TPSA) is 91.1 Å². The fourth-order valence-corrected chi connectivity index (χ4v) is 4.04. The molecule has 0 saturated heterocycles. The Bertz CT molecular complexity index is 1450. The largest absolute Gasteiger partial charge is 0.411 e. The van der Waals surface area contributed by atoms with E-state index in [4.69, 9.17) is 4.42 Å². The summed E-state index contributed by atoms with van der Waals surface area (Å²) in [5.74, 6) is 2.15. The monoisotopic (exact) mass is 418 g/mol. The van der Waals surface area contributed by atoms with Gasteiger partial charge in [-0.15, -0.1) is 20.4 Å². The number of rotatable bonds is 4. The Labute approximate surface area is 175 Å². The fraction of sp³-hybridized carbons (Fsp3) is 0.190. The van der Waals surface area contributed by atoms with E-state index in [1.54, 1.807) is 7.05 Å². The average Bonchev–Trinajstić information content (AvgIpc) is 3.38. The minimum absolute atomic E-state index is 0.0903. The predicted octanol–water partition coefficient (Wildman–Crippen LogP) is 3.54. The number of fused-ring (bicyclic) bond motifs is 3. The smallest absolute Gasteiger partial charge is 0.277 e. The lowest BCUT2D eigenvalue weighted by atomic mass is 10.1. The molecule has 0 aliphatic carbocycles. The molecule has 0 aliphatic rings. The molecule has 0 atom stereocenters. The van der Waals surface area contributed by atoms with E-state index in [1.165, 1.54) is 21.9 Å². The highest BCUT2D eigenvalue weighted by Gasteiger charge is 2.16. The van der Waals surface area contributed by atoms with Crippen molar-refractivity contribution in [2.75, 3.05) is 0 Å². The summed E-state index contributed by atoms with van der Waals surface area (Å²) in [6, 6.07) is 13.7. The molecule has 0 saturated carbocycles. The fourth-order valence-electron chi connectivity index (χ4n) is 3.36. The molecule has 3 aromatic heterocycles. The Morgan fingerprint density at radius 1 is 0.967 bits per heavy atom. The summed E-state index contributed by atoms with van der Waals surface area (Å²) in [6.07, 6.45) is 0. The molecule has 0 N–H and O–H groups in total. The minimum Gasteiger partial charge on any atom is -0.411 e. The van der Waals surface area contributed by atoms with Gasteiger partial charge in [-0.2, -0.15) is 0 Å². The standard InChI is InChI=1S/C21H18N6O2S/c1-12-4-7-14(8-5-12)18-23-25-21(29-18)30-11-17-22-24-20-26(3)19(28)15-10-13(2)6-9-16(15)27(17)20/h4-10H,11H2,1-3H3. The maximum absolute atomic E-state index is 12.7. The Hall–Kier alpha value is -3.46. The molecule has 0 aliphatic heterocycles. The van der Waals surface area contributed by atoms with Crippen LogP contribution in [0, 0.1) is 13.8 Å². The number of thioether (sulfide) groups is 1. The van der Waals surface area contributed by atoms with Crippen molar-refractivity contribution in [2.45, 2.75) is 24.8 Å². The van der Waals surface area contributed by atoms with Crippen LogP contribution in [0.25, 0.3) is 28.1 Å². The summed E-state index contributed by atoms with van der Waals surface area (Å²) < 4.78 is 9.22. The van der Waals surface area contributed by atoms with Crippen LogP contribution in [-0.2, 0) is 12.8 Å². The second kappa shape index (κ2) is 7.10. The van der Waals surface area contributed by atoms with Gasteiger partial charge in [0.15, 0.2) is 0 Å². The highest BCUT2D eigenvalue weighted by Crippen LogP contribution is 2.26. The second-order valence-corrected chi connectivity index (χ2v) is 8.09. The Kier molecular flexibility index (Phi) is 4.39. The van der Waals surface area contributed by atoms with E-state index in [-0.39, 0.29) is 5.56 Å². The molecule has 0 radical (unpaired) electrons. The van der Waals surface area contributed by atoms with E-state index < -0.39 is 0 Å². The summed E-state index contributed by atoms with van der Waals surface area (Å²) in [6.45, 7) is 4.00. The Morgan fingerprint density at radius 3 is 2.53 bits per heavy atom. The van der Waals surface area contributed by atoms with E-state index in [9.17, 15) is 4.79 Å². The van der Waals surface area contributed by atoms with Gasteiger partial charge in [-0.25, -0.2) is 0 Å². The van der Waals surface area contributed by atoms with E-state index in [0.29, 0.717) is 33.9 Å². The zero-order valence-corrected chi connectivity index (χ0v) is 17.5. The lowest BCUT2D eigenvalue weighted by molar-refractivity contribution is 0.465. The number of benzene rings is 2. The van der Waals surface area contributed by atoms with Crippen molar-refractivity contribution < 1.29 is 4.42 Å². The maximum atomic E-state index is 12.7. The van der Waals surface area contributed by atoms with Gasteiger partial charge in [-0.05, 0) is 38.1 Å². The van der Waals surface area contributed by atoms with Crippen molar-refractivity contribution in [1.29, 1.82) is 0 Å². The van der Waals surface area contributed by atoms with Crippen molar-refractivity contribution in [1.82, 2.24) is 29.4 Å². The van der Waals surface area contributed by atoms with Crippen molar-refractivity contribution >= 4 is 28.4 Å². The van der Waals surface area contributed by atoms with Gasteiger partial charge < -0.3 is 4.42 Å². The molecule has 0 spiro atoms. The van der Waals surface area contributed by atoms with E-state index in [1.807, 2.05) is 60.7 Å². The first-order valence-electron chi connectivity index (χ1n) is 9.38. The summed E-state index contributed by atoms with van der Waals surface area (Å²) in [5.41, 5.74) is 3.77. The van der Waals surface area contributed by atoms with E-state index >= 15 is 0 Å². The van der Waals surface area contributed by atoms with Crippen molar-refractivity contribution in [2.24, 2.45) is 7.05 Å². The number of hydrogen-bond donors (Lipinski definition) is 0. The lowest BCUT2D eigenvalue weighted by Gasteiger charge is -2.08. The minimum atomic E-state index is -0.0903. The van der Waals surface area contributed by atoms with Gasteiger partial charge in [-0.1, -0.05) is 41.1 Å². The first-order valence-corrected chi connectivity index (χ1v) is 10.4. The zero-order valence-electron chi connectivity index (χ0n) is 16.7. The molecule has 5 rings (SSSR count).